The van der Waals surface area contributed by atoms with Crippen LogP contribution in [0.3, 0.4) is 0 Å². The standard InChI is InChI=1S/C43H20F15N3O2/c1-14-23(16-7-3-5-9-21(16)59(14)11-18-27(44)33(50)39(56)34(51)28(18)45)25-26(43(63)61(42(25)62)13-20-31(48)37(54)41(58)38(55)32(20)49)24-15(2)60(22-10-6-4-8-17(22)24)12-19-29(46)35(52)40(57)36(53)30(19)47/h3-10H,11-13H2,1-2H3. The van der Waals surface area contributed by atoms with Crippen molar-refractivity contribution >= 4 is 44.8 Å². The van der Waals surface area contributed by atoms with Crippen molar-refractivity contribution in [3.05, 3.63) is 175 Å². The molecule has 3 heterocycles. The highest BCUT2D eigenvalue weighted by Gasteiger charge is 2.45. The molecule has 1 aliphatic rings. The minimum absolute atomic E-state index is 0.0617. The first-order chi connectivity index (χ1) is 29.7. The SMILES string of the molecule is Cc1c(C2=C(c3c(C)n(Cc4c(F)c(F)c(F)c(F)c4F)c4ccccc34)C(=O)N(Cc3c(F)c(F)c(F)c(F)c3F)C2=O)c2ccccc2n1Cc1c(F)c(F)c(F)c(F)c1F. The lowest BCUT2D eigenvalue weighted by Crippen LogP contribution is -2.32. The van der Waals surface area contributed by atoms with Crippen molar-refractivity contribution in [1.82, 2.24) is 14.0 Å². The van der Waals surface area contributed by atoms with Crippen molar-refractivity contribution < 1.29 is 75.4 Å². The summed E-state index contributed by atoms with van der Waals surface area (Å²) >= 11 is 0. The summed E-state index contributed by atoms with van der Waals surface area (Å²) in [4.78, 5) is 29.6. The number of carbonyl (C=O) groups excluding carboxylic acids is 2. The zero-order chi connectivity index (χ0) is 45.8. The smallest absolute Gasteiger partial charge is 0.262 e. The van der Waals surface area contributed by atoms with E-state index in [4.69, 9.17) is 0 Å². The molecule has 63 heavy (non-hydrogen) atoms. The molecule has 0 saturated carbocycles. The summed E-state index contributed by atoms with van der Waals surface area (Å²) in [5, 5.41) is -0.123. The highest BCUT2D eigenvalue weighted by atomic mass is 19.2. The third-order valence-electron chi connectivity index (χ3n) is 11.0. The zero-order valence-electron chi connectivity index (χ0n) is 31.6. The molecule has 0 atom stereocenters. The fourth-order valence-corrected chi connectivity index (χ4v) is 7.93. The van der Waals surface area contributed by atoms with Gasteiger partial charge >= 0.3 is 0 Å². The molecule has 0 aliphatic carbocycles. The first-order valence-electron chi connectivity index (χ1n) is 18.0. The van der Waals surface area contributed by atoms with Crippen LogP contribution in [0.1, 0.15) is 39.2 Å². The number of para-hydroxylation sites is 2. The lowest BCUT2D eigenvalue weighted by Gasteiger charge is -2.17. The summed E-state index contributed by atoms with van der Waals surface area (Å²) in [6, 6.07) is 10.6. The van der Waals surface area contributed by atoms with E-state index in [1.807, 2.05) is 0 Å². The van der Waals surface area contributed by atoms with Crippen LogP contribution in [0.15, 0.2) is 48.5 Å². The maximum atomic E-state index is 15.1. The molecule has 5 nitrogen and oxygen atoms in total. The number of imide groups is 1. The summed E-state index contributed by atoms with van der Waals surface area (Å²) in [7, 11) is 0. The van der Waals surface area contributed by atoms with E-state index < -0.39 is 147 Å². The fourth-order valence-electron chi connectivity index (χ4n) is 7.93. The number of nitrogens with zero attached hydrogens (tertiary/aromatic N) is 3. The van der Waals surface area contributed by atoms with E-state index in [1.165, 1.54) is 62.4 Å². The Labute approximate surface area is 342 Å². The largest absolute Gasteiger partial charge is 0.340 e. The maximum absolute atomic E-state index is 15.1. The van der Waals surface area contributed by atoms with E-state index in [0.717, 1.165) is 9.13 Å². The van der Waals surface area contributed by atoms with Crippen LogP contribution in [0, 0.1) is 101 Å². The van der Waals surface area contributed by atoms with Crippen molar-refractivity contribution in [2.45, 2.75) is 33.5 Å². The third kappa shape index (κ3) is 6.11. The molecule has 2 amide bonds. The molecular weight excluding hydrogens is 875 g/mol. The Hall–Kier alpha value is -6.99. The molecule has 20 heteroatoms. The van der Waals surface area contributed by atoms with Gasteiger partial charge in [0.1, 0.15) is 0 Å². The molecular formula is C43H20F15N3O2. The predicted molar refractivity (Wildman–Crippen MR) is 193 cm³/mol. The summed E-state index contributed by atoms with van der Waals surface area (Å²) in [6.45, 7) is -1.47. The molecule has 0 fully saturated rings. The third-order valence-corrected chi connectivity index (χ3v) is 11.0. The number of halogens is 15. The van der Waals surface area contributed by atoms with Gasteiger partial charge in [-0.25, -0.2) is 65.9 Å². The zero-order valence-corrected chi connectivity index (χ0v) is 31.6. The molecule has 0 saturated heterocycles. The normalized spacial score (nSPS) is 13.3. The maximum Gasteiger partial charge on any atom is 0.262 e. The van der Waals surface area contributed by atoms with Crippen LogP contribution >= 0.6 is 0 Å². The van der Waals surface area contributed by atoms with Crippen molar-refractivity contribution in [3.8, 4) is 0 Å². The van der Waals surface area contributed by atoms with Gasteiger partial charge in [0.15, 0.2) is 69.8 Å². The van der Waals surface area contributed by atoms with Gasteiger partial charge in [0.25, 0.3) is 11.8 Å². The second-order valence-corrected chi connectivity index (χ2v) is 14.2. The second kappa shape index (κ2) is 15.1. The number of rotatable bonds is 8. The molecule has 0 bridgehead atoms. The number of aromatic nitrogens is 2. The minimum atomic E-state index is -2.57. The Morgan fingerprint density at radius 1 is 0.365 bits per heavy atom. The lowest BCUT2D eigenvalue weighted by molar-refractivity contribution is -0.136. The van der Waals surface area contributed by atoms with Gasteiger partial charge in [-0.3, -0.25) is 14.5 Å². The highest BCUT2D eigenvalue weighted by Crippen LogP contribution is 2.46. The first kappa shape index (κ1) is 42.7. The van der Waals surface area contributed by atoms with Crippen LogP contribution in [0.4, 0.5) is 65.9 Å². The highest BCUT2D eigenvalue weighted by molar-refractivity contribution is 6.51. The molecule has 7 aromatic rings. The monoisotopic (exact) mass is 895 g/mol. The van der Waals surface area contributed by atoms with Gasteiger partial charge in [-0.05, 0) is 26.0 Å². The summed E-state index contributed by atoms with van der Waals surface area (Å²) < 4.78 is 221. The topological polar surface area (TPSA) is 47.2 Å². The predicted octanol–water partition coefficient (Wildman–Crippen LogP) is 10.9. The van der Waals surface area contributed by atoms with Gasteiger partial charge in [0, 0.05) is 61.0 Å². The number of amides is 2. The lowest BCUT2D eigenvalue weighted by atomic mass is 9.93. The molecule has 5 aromatic carbocycles. The van der Waals surface area contributed by atoms with Crippen LogP contribution < -0.4 is 0 Å². The fraction of sp³-hybridized carbons (Fsp3) is 0.116. The quantitative estimate of drug-likeness (QED) is 0.0660. The molecule has 2 aromatic heterocycles. The second-order valence-electron chi connectivity index (χ2n) is 14.2. The van der Waals surface area contributed by atoms with Crippen LogP contribution in [-0.4, -0.2) is 25.8 Å². The average Bonchev–Trinajstić information content (AvgIpc) is 3.80. The van der Waals surface area contributed by atoms with E-state index in [9.17, 15) is 49.1 Å². The average molecular weight is 896 g/mol. The Kier molecular flexibility index (Phi) is 10.2. The number of benzene rings is 5. The van der Waals surface area contributed by atoms with Gasteiger partial charge in [0.2, 0.25) is 17.5 Å². The summed E-state index contributed by atoms with van der Waals surface area (Å²) in [6.07, 6.45) is 0. The van der Waals surface area contributed by atoms with Crippen molar-refractivity contribution in [2.75, 3.05) is 0 Å². The Balaban J connectivity index is 1.43. The van der Waals surface area contributed by atoms with Crippen molar-refractivity contribution in [1.29, 1.82) is 0 Å². The Bertz CT molecular complexity index is 2980. The Morgan fingerprint density at radius 3 is 0.921 bits per heavy atom. The molecule has 0 spiro atoms. The number of hydrogen-bond acceptors (Lipinski definition) is 2. The minimum Gasteiger partial charge on any atom is -0.340 e. The van der Waals surface area contributed by atoms with Gasteiger partial charge < -0.3 is 9.13 Å². The molecule has 1 aliphatic heterocycles. The van der Waals surface area contributed by atoms with Crippen LogP contribution in [-0.2, 0) is 29.2 Å². The van der Waals surface area contributed by atoms with E-state index in [1.54, 1.807) is 0 Å². The molecule has 8 rings (SSSR count). The van der Waals surface area contributed by atoms with Gasteiger partial charge in [-0.2, -0.15) is 0 Å². The van der Waals surface area contributed by atoms with E-state index >= 15 is 26.3 Å². The number of hydrogen-bond donors (Lipinski definition) is 0. The van der Waals surface area contributed by atoms with Crippen molar-refractivity contribution in [3.63, 3.8) is 0 Å². The van der Waals surface area contributed by atoms with E-state index in [-0.39, 0.29) is 49.2 Å². The van der Waals surface area contributed by atoms with Crippen LogP contribution in [0.5, 0.6) is 0 Å². The van der Waals surface area contributed by atoms with Gasteiger partial charge in [0.05, 0.1) is 30.8 Å². The van der Waals surface area contributed by atoms with Crippen LogP contribution in [0.25, 0.3) is 33.0 Å². The number of fused-ring (bicyclic) bond motifs is 2. The van der Waals surface area contributed by atoms with Gasteiger partial charge in [-0.15, -0.1) is 0 Å². The summed E-state index contributed by atoms with van der Waals surface area (Å²) in [5.41, 5.74) is -7.01. The molecule has 324 valence electrons. The van der Waals surface area contributed by atoms with E-state index in [0.29, 0.717) is 0 Å². The Morgan fingerprint density at radius 2 is 0.619 bits per heavy atom. The molecule has 0 N–H and O–H groups in total. The van der Waals surface area contributed by atoms with Crippen molar-refractivity contribution in [2.24, 2.45) is 0 Å². The molecule has 0 radical (unpaired) electrons. The molecule has 0 unspecified atom stereocenters. The summed E-state index contributed by atoms with van der Waals surface area (Å²) in [5.74, 6) is -38.2. The van der Waals surface area contributed by atoms with E-state index in [2.05, 4.69) is 0 Å². The van der Waals surface area contributed by atoms with Gasteiger partial charge in [-0.1, -0.05) is 36.4 Å². The van der Waals surface area contributed by atoms with Crippen LogP contribution in [0.2, 0.25) is 0 Å². The number of carbonyl (C=O) groups is 2. The first-order valence-corrected chi connectivity index (χ1v) is 18.0.